The van der Waals surface area contributed by atoms with Gasteiger partial charge in [0.05, 0.1) is 21.8 Å². The number of halogens is 2. The zero-order valence-electron chi connectivity index (χ0n) is 12.2. The van der Waals surface area contributed by atoms with E-state index in [2.05, 4.69) is 31.5 Å². The van der Waals surface area contributed by atoms with Gasteiger partial charge in [0.2, 0.25) is 0 Å². The standard InChI is InChI=1S/C17H11BrClN3OS/c18-11-6-7-13(19)12(9-11)16(23)22-17(24)21-14-5-1-3-10-4-2-8-20-15(10)14/h1-9H,(H2,21,22,23,24). The number of carbonyl (C=O) groups is 1. The van der Waals surface area contributed by atoms with Gasteiger partial charge in [0.25, 0.3) is 5.91 Å². The average Bonchev–Trinajstić information content (AvgIpc) is 2.57. The number of amides is 1. The van der Waals surface area contributed by atoms with Crippen molar-refractivity contribution in [3.8, 4) is 0 Å². The molecule has 4 nitrogen and oxygen atoms in total. The second-order valence-corrected chi connectivity index (χ2v) is 6.64. The molecule has 0 aliphatic carbocycles. The number of hydrogen-bond acceptors (Lipinski definition) is 3. The number of carbonyl (C=O) groups excluding carboxylic acids is 1. The van der Waals surface area contributed by atoms with Gasteiger partial charge in [-0.1, -0.05) is 45.7 Å². The molecule has 0 unspecified atom stereocenters. The van der Waals surface area contributed by atoms with Gasteiger partial charge < -0.3 is 5.32 Å². The van der Waals surface area contributed by atoms with E-state index in [4.69, 9.17) is 23.8 Å². The molecule has 1 heterocycles. The molecule has 120 valence electrons. The fourth-order valence-corrected chi connectivity index (χ4v) is 2.97. The van der Waals surface area contributed by atoms with Crippen LogP contribution in [0.15, 0.2) is 59.2 Å². The minimum Gasteiger partial charge on any atom is -0.331 e. The van der Waals surface area contributed by atoms with Gasteiger partial charge in [0.1, 0.15) is 0 Å². The third-order valence-corrected chi connectivity index (χ3v) is 4.31. The molecule has 0 radical (unpaired) electrons. The molecule has 1 amide bonds. The number of aromatic nitrogens is 1. The van der Waals surface area contributed by atoms with Crippen molar-refractivity contribution in [1.82, 2.24) is 10.3 Å². The molecule has 0 atom stereocenters. The summed E-state index contributed by atoms with van der Waals surface area (Å²) >= 11 is 14.6. The number of benzene rings is 2. The van der Waals surface area contributed by atoms with E-state index in [1.165, 1.54) is 0 Å². The molecule has 1 aromatic heterocycles. The van der Waals surface area contributed by atoms with E-state index >= 15 is 0 Å². The van der Waals surface area contributed by atoms with Gasteiger partial charge in [-0.25, -0.2) is 0 Å². The normalized spacial score (nSPS) is 10.4. The molecule has 0 aliphatic heterocycles. The van der Waals surface area contributed by atoms with Crippen molar-refractivity contribution in [3.05, 3.63) is 69.8 Å². The first-order valence-electron chi connectivity index (χ1n) is 6.96. The SMILES string of the molecule is O=C(NC(=S)Nc1cccc2cccnc12)c1cc(Br)ccc1Cl. The van der Waals surface area contributed by atoms with E-state index < -0.39 is 0 Å². The molecule has 0 bridgehead atoms. The Morgan fingerprint density at radius 3 is 2.79 bits per heavy atom. The smallest absolute Gasteiger partial charge is 0.258 e. The Bertz CT molecular complexity index is 943. The highest BCUT2D eigenvalue weighted by molar-refractivity contribution is 9.10. The molecular formula is C17H11BrClN3OS. The Morgan fingerprint density at radius 2 is 1.96 bits per heavy atom. The Balaban J connectivity index is 1.78. The molecule has 0 saturated carbocycles. The number of anilines is 1. The van der Waals surface area contributed by atoms with Crippen molar-refractivity contribution in [2.24, 2.45) is 0 Å². The number of hydrogen-bond donors (Lipinski definition) is 2. The number of thiocarbonyl (C=S) groups is 1. The Kier molecular flexibility index (Phi) is 5.08. The van der Waals surface area contributed by atoms with Crippen LogP contribution in [-0.4, -0.2) is 16.0 Å². The van der Waals surface area contributed by atoms with Crippen LogP contribution in [0.1, 0.15) is 10.4 Å². The average molecular weight is 421 g/mol. The lowest BCUT2D eigenvalue weighted by molar-refractivity contribution is 0.0978. The predicted molar refractivity (Wildman–Crippen MR) is 105 cm³/mol. The van der Waals surface area contributed by atoms with Crippen LogP contribution < -0.4 is 10.6 Å². The molecule has 7 heteroatoms. The first kappa shape index (κ1) is 16.8. The molecule has 24 heavy (non-hydrogen) atoms. The number of rotatable bonds is 2. The summed E-state index contributed by atoms with van der Waals surface area (Å²) in [5.41, 5.74) is 1.84. The van der Waals surface area contributed by atoms with Crippen molar-refractivity contribution in [3.63, 3.8) is 0 Å². The highest BCUT2D eigenvalue weighted by Crippen LogP contribution is 2.22. The van der Waals surface area contributed by atoms with E-state index in [0.717, 1.165) is 21.1 Å². The van der Waals surface area contributed by atoms with Crippen LogP contribution >= 0.6 is 39.7 Å². The summed E-state index contributed by atoms with van der Waals surface area (Å²) < 4.78 is 0.759. The third-order valence-electron chi connectivity index (χ3n) is 3.28. The lowest BCUT2D eigenvalue weighted by Crippen LogP contribution is -2.34. The van der Waals surface area contributed by atoms with Gasteiger partial charge >= 0.3 is 0 Å². The molecule has 0 saturated heterocycles. The molecule has 0 fully saturated rings. The number of nitrogens with one attached hydrogen (secondary N) is 2. The maximum absolute atomic E-state index is 12.3. The maximum atomic E-state index is 12.3. The van der Waals surface area contributed by atoms with Crippen LogP contribution in [0.2, 0.25) is 5.02 Å². The van der Waals surface area contributed by atoms with Crippen molar-refractivity contribution in [2.45, 2.75) is 0 Å². The Morgan fingerprint density at radius 1 is 1.17 bits per heavy atom. The summed E-state index contributed by atoms with van der Waals surface area (Å²) in [5.74, 6) is -0.382. The molecule has 0 aliphatic rings. The van der Waals surface area contributed by atoms with E-state index in [1.807, 2.05) is 30.3 Å². The summed E-state index contributed by atoms with van der Waals surface area (Å²) in [5, 5.41) is 7.13. The van der Waals surface area contributed by atoms with Crippen LogP contribution in [0.3, 0.4) is 0 Å². The number of pyridine rings is 1. The summed E-state index contributed by atoms with van der Waals surface area (Å²) in [4.78, 5) is 16.7. The summed E-state index contributed by atoms with van der Waals surface area (Å²) in [7, 11) is 0. The lowest BCUT2D eigenvalue weighted by Gasteiger charge is -2.12. The van der Waals surface area contributed by atoms with Gasteiger partial charge in [0, 0.05) is 16.1 Å². The van der Waals surface area contributed by atoms with Crippen LogP contribution in [0.4, 0.5) is 5.69 Å². The third kappa shape index (κ3) is 3.72. The quantitative estimate of drug-likeness (QED) is 0.586. The van der Waals surface area contributed by atoms with Gasteiger partial charge in [-0.3, -0.25) is 15.1 Å². The molecule has 3 aromatic rings. The van der Waals surface area contributed by atoms with Crippen LogP contribution in [0.5, 0.6) is 0 Å². The van der Waals surface area contributed by atoms with Gasteiger partial charge in [-0.05, 0) is 42.5 Å². The largest absolute Gasteiger partial charge is 0.331 e. The molecular weight excluding hydrogens is 410 g/mol. The van der Waals surface area contributed by atoms with Crippen molar-refractivity contribution in [1.29, 1.82) is 0 Å². The predicted octanol–water partition coefficient (Wildman–Crippen LogP) is 4.78. The fraction of sp³-hybridized carbons (Fsp3) is 0. The topological polar surface area (TPSA) is 54.0 Å². The Hall–Kier alpha value is -2.02. The lowest BCUT2D eigenvalue weighted by atomic mass is 10.2. The number of para-hydroxylation sites is 1. The minimum atomic E-state index is -0.382. The summed E-state index contributed by atoms with van der Waals surface area (Å²) in [6.45, 7) is 0. The van der Waals surface area contributed by atoms with E-state index in [1.54, 1.807) is 24.4 Å². The second kappa shape index (κ2) is 7.25. The zero-order valence-corrected chi connectivity index (χ0v) is 15.4. The number of fused-ring (bicyclic) bond motifs is 1. The van der Waals surface area contributed by atoms with Crippen LogP contribution in [0, 0.1) is 0 Å². The minimum absolute atomic E-state index is 0.175. The first-order valence-corrected chi connectivity index (χ1v) is 8.53. The monoisotopic (exact) mass is 419 g/mol. The van der Waals surface area contributed by atoms with Crippen molar-refractivity contribution in [2.75, 3.05) is 5.32 Å². The first-order chi connectivity index (χ1) is 11.5. The highest BCUT2D eigenvalue weighted by atomic mass is 79.9. The summed E-state index contributed by atoms with van der Waals surface area (Å²) in [6, 6.07) is 14.6. The maximum Gasteiger partial charge on any atom is 0.258 e. The van der Waals surface area contributed by atoms with E-state index in [-0.39, 0.29) is 11.0 Å². The van der Waals surface area contributed by atoms with Gasteiger partial charge in [-0.15, -0.1) is 0 Å². The molecule has 2 N–H and O–H groups in total. The van der Waals surface area contributed by atoms with E-state index in [9.17, 15) is 4.79 Å². The molecule has 0 spiro atoms. The molecule has 2 aromatic carbocycles. The van der Waals surface area contributed by atoms with Crippen molar-refractivity contribution < 1.29 is 4.79 Å². The second-order valence-electron chi connectivity index (χ2n) is 4.91. The summed E-state index contributed by atoms with van der Waals surface area (Å²) in [6.07, 6.45) is 1.70. The number of nitrogens with zero attached hydrogens (tertiary/aromatic N) is 1. The highest BCUT2D eigenvalue weighted by Gasteiger charge is 2.13. The fourth-order valence-electron chi connectivity index (χ4n) is 2.20. The van der Waals surface area contributed by atoms with Crippen LogP contribution in [0.25, 0.3) is 10.9 Å². The van der Waals surface area contributed by atoms with Crippen LogP contribution in [-0.2, 0) is 0 Å². The molecule has 3 rings (SSSR count). The zero-order chi connectivity index (χ0) is 17.1. The Labute approximate surface area is 157 Å². The van der Waals surface area contributed by atoms with Crippen molar-refractivity contribution >= 4 is 67.4 Å². The van der Waals surface area contributed by atoms with E-state index in [0.29, 0.717) is 10.6 Å². The van der Waals surface area contributed by atoms with Gasteiger partial charge in [0.15, 0.2) is 5.11 Å². The van der Waals surface area contributed by atoms with Gasteiger partial charge in [-0.2, -0.15) is 0 Å².